The van der Waals surface area contributed by atoms with Gasteiger partial charge in [0, 0.05) is 19.3 Å². The van der Waals surface area contributed by atoms with E-state index >= 15 is 0 Å². The normalized spacial score (nSPS) is 14.2. The minimum Gasteiger partial charge on any atom is -0.477 e. The van der Waals surface area contributed by atoms with Gasteiger partial charge in [-0.15, -0.1) is 0 Å². The number of ether oxygens (including phenoxy) is 3. The quantitative estimate of drug-likeness (QED) is 0.0291. The van der Waals surface area contributed by atoms with Crippen LogP contribution in [-0.2, 0) is 28.6 Å². The van der Waals surface area contributed by atoms with Crippen molar-refractivity contribution >= 4 is 17.9 Å². The number of aliphatic carboxylic acids is 1. The first-order valence-corrected chi connectivity index (χ1v) is 21.6. The van der Waals surface area contributed by atoms with Crippen molar-refractivity contribution in [3.8, 4) is 0 Å². The highest BCUT2D eigenvalue weighted by Crippen LogP contribution is 2.10. The molecule has 0 aromatic heterocycles. The van der Waals surface area contributed by atoms with Gasteiger partial charge in [0.15, 0.2) is 12.1 Å². The molecule has 1 N–H and O–H groups in total. The second-order valence-corrected chi connectivity index (χ2v) is 14.8. The van der Waals surface area contributed by atoms with E-state index in [1.165, 1.54) is 0 Å². The van der Waals surface area contributed by atoms with Crippen molar-refractivity contribution in [2.45, 2.75) is 135 Å². The molecule has 0 saturated heterocycles. The third-order valence-electron chi connectivity index (χ3n) is 8.61. The minimum atomic E-state index is -0.898. The molecule has 0 aliphatic heterocycles. The molecule has 324 valence electrons. The number of hydrogen-bond acceptors (Lipinski definition) is 6. The second kappa shape index (κ2) is 39.6. The predicted molar refractivity (Wildman–Crippen MR) is 242 cm³/mol. The van der Waals surface area contributed by atoms with Gasteiger partial charge in [-0.05, 0) is 89.9 Å². The molecule has 0 amide bonds. The van der Waals surface area contributed by atoms with E-state index in [0.717, 1.165) is 77.0 Å². The summed E-state index contributed by atoms with van der Waals surface area (Å²) in [6.45, 7) is 4.35. The summed E-state index contributed by atoms with van der Waals surface area (Å²) in [5, 5.41) is 9.61. The summed E-state index contributed by atoms with van der Waals surface area (Å²) in [6, 6.07) is -0.641. The van der Waals surface area contributed by atoms with E-state index in [2.05, 4.69) is 135 Å². The van der Waals surface area contributed by atoms with Crippen LogP contribution >= 0.6 is 0 Å². The summed E-state index contributed by atoms with van der Waals surface area (Å²) in [5.41, 5.74) is 0. The third kappa shape index (κ3) is 37.3. The van der Waals surface area contributed by atoms with Gasteiger partial charge in [0.05, 0.1) is 34.4 Å². The molecule has 0 fully saturated rings. The minimum absolute atomic E-state index is 0.0112. The standard InChI is InChI=1S/C50H77NO7/c1-6-8-10-12-14-16-18-20-22-24-26-28-30-32-34-36-38-40-48(52)57-45-46(44-56-43-42-47(50(54)55)51(3,4)5)58-49(53)41-39-37-35-33-31-29-27-25-23-21-19-17-15-13-11-9-7-2/h8-11,14-17,20-23,26-29,32-35,46-47H,6-7,12-13,18-19,24-25,30-31,36-45H2,1-5H3/p+1/b10-8-,11-9-,16-14-,17-15-,22-20-,23-21-,28-26-,29-27-,34-32-,35-33-. The molecular weight excluding hydrogens is 727 g/mol. The average molecular weight is 805 g/mol. The van der Waals surface area contributed by atoms with E-state index in [1.807, 2.05) is 21.1 Å². The molecule has 0 aliphatic carbocycles. The Hall–Kier alpha value is -4.27. The summed E-state index contributed by atoms with van der Waals surface area (Å²) in [6.07, 6.45) is 55.4. The summed E-state index contributed by atoms with van der Waals surface area (Å²) in [7, 11) is 5.47. The number of rotatable bonds is 36. The lowest BCUT2D eigenvalue weighted by atomic mass is 10.1. The zero-order valence-corrected chi connectivity index (χ0v) is 36.7. The van der Waals surface area contributed by atoms with Gasteiger partial charge >= 0.3 is 17.9 Å². The van der Waals surface area contributed by atoms with Crippen LogP contribution in [0.2, 0.25) is 0 Å². The van der Waals surface area contributed by atoms with Gasteiger partial charge in [-0.3, -0.25) is 9.59 Å². The van der Waals surface area contributed by atoms with Crippen LogP contribution < -0.4 is 0 Å². The number of hydrogen-bond donors (Lipinski definition) is 1. The van der Waals surface area contributed by atoms with Crippen LogP contribution in [0.4, 0.5) is 0 Å². The molecule has 8 nitrogen and oxygen atoms in total. The van der Waals surface area contributed by atoms with Crippen molar-refractivity contribution in [1.29, 1.82) is 0 Å². The first-order valence-electron chi connectivity index (χ1n) is 21.6. The molecule has 2 unspecified atom stereocenters. The molecular formula is C50H78NO7+. The van der Waals surface area contributed by atoms with Crippen LogP contribution in [0.15, 0.2) is 122 Å². The molecule has 0 rings (SSSR count). The number of esters is 2. The zero-order valence-electron chi connectivity index (χ0n) is 36.7. The smallest absolute Gasteiger partial charge is 0.362 e. The Morgan fingerprint density at radius 1 is 0.517 bits per heavy atom. The Kier molecular flexibility index (Phi) is 36.6. The van der Waals surface area contributed by atoms with Gasteiger partial charge in [-0.1, -0.05) is 135 Å². The summed E-state index contributed by atoms with van der Waals surface area (Å²) in [4.78, 5) is 36.9. The number of nitrogens with zero attached hydrogens (tertiary/aromatic N) is 1. The fourth-order valence-corrected chi connectivity index (χ4v) is 5.34. The summed E-state index contributed by atoms with van der Waals surface area (Å²) < 4.78 is 17.1. The molecule has 0 heterocycles. The van der Waals surface area contributed by atoms with Gasteiger partial charge in [0.1, 0.15) is 6.61 Å². The molecule has 0 aromatic carbocycles. The number of carboxylic acid groups (broad SMARTS) is 1. The monoisotopic (exact) mass is 805 g/mol. The molecule has 0 aliphatic rings. The number of carbonyl (C=O) groups is 3. The number of likely N-dealkylation sites (N-methyl/N-ethyl adjacent to an activating group) is 1. The lowest BCUT2D eigenvalue weighted by Crippen LogP contribution is -2.50. The molecule has 0 aromatic rings. The van der Waals surface area contributed by atoms with Crippen molar-refractivity contribution in [2.75, 3.05) is 41.0 Å². The Labute approximate surface area is 352 Å². The van der Waals surface area contributed by atoms with E-state index in [0.29, 0.717) is 19.3 Å². The highest BCUT2D eigenvalue weighted by atomic mass is 16.6. The van der Waals surface area contributed by atoms with Crippen LogP contribution in [-0.4, -0.2) is 80.6 Å². The Morgan fingerprint density at radius 2 is 0.879 bits per heavy atom. The largest absolute Gasteiger partial charge is 0.477 e. The Morgan fingerprint density at radius 3 is 1.24 bits per heavy atom. The van der Waals surface area contributed by atoms with E-state index < -0.39 is 18.1 Å². The van der Waals surface area contributed by atoms with Gasteiger partial charge in [0.25, 0.3) is 0 Å². The SMILES string of the molecule is CC/C=C\C/C=C\C/C=C\C/C=C\C/C=C\CCCC(=O)OCC(COCCC(C(=O)O)[N+](C)(C)C)OC(=O)CCC/C=C\C/C=C\C/C=C\C/C=C\C/C=C\CC. The van der Waals surface area contributed by atoms with Gasteiger partial charge < -0.3 is 23.8 Å². The Balaban J connectivity index is 4.59. The highest BCUT2D eigenvalue weighted by molar-refractivity contribution is 5.72. The van der Waals surface area contributed by atoms with Gasteiger partial charge in [-0.2, -0.15) is 0 Å². The fraction of sp³-hybridized carbons (Fsp3) is 0.540. The van der Waals surface area contributed by atoms with E-state index in [4.69, 9.17) is 14.2 Å². The molecule has 0 saturated carbocycles. The number of quaternary nitrogens is 1. The maximum absolute atomic E-state index is 12.7. The van der Waals surface area contributed by atoms with Crippen LogP contribution in [0.5, 0.6) is 0 Å². The van der Waals surface area contributed by atoms with E-state index in [1.54, 1.807) is 0 Å². The van der Waals surface area contributed by atoms with Crippen molar-refractivity contribution in [3.63, 3.8) is 0 Å². The lowest BCUT2D eigenvalue weighted by Gasteiger charge is -2.31. The van der Waals surface area contributed by atoms with Gasteiger partial charge in [0.2, 0.25) is 0 Å². The van der Waals surface area contributed by atoms with Gasteiger partial charge in [-0.25, -0.2) is 4.79 Å². The fourth-order valence-electron chi connectivity index (χ4n) is 5.34. The Bertz CT molecular complexity index is 1350. The average Bonchev–Trinajstić information content (AvgIpc) is 3.18. The molecule has 0 radical (unpaired) electrons. The first kappa shape index (κ1) is 53.7. The van der Waals surface area contributed by atoms with Crippen LogP contribution in [0.25, 0.3) is 0 Å². The van der Waals surface area contributed by atoms with Crippen LogP contribution in [0.1, 0.15) is 123 Å². The summed E-state index contributed by atoms with van der Waals surface area (Å²) in [5.74, 6) is -1.64. The van der Waals surface area contributed by atoms with E-state index in [9.17, 15) is 19.5 Å². The molecule has 8 heteroatoms. The van der Waals surface area contributed by atoms with Crippen molar-refractivity contribution < 1.29 is 38.2 Å². The number of carbonyl (C=O) groups excluding carboxylic acids is 2. The van der Waals surface area contributed by atoms with Crippen LogP contribution in [0, 0.1) is 0 Å². The van der Waals surface area contributed by atoms with Crippen molar-refractivity contribution in [2.24, 2.45) is 0 Å². The topological polar surface area (TPSA) is 99.1 Å². The number of carboxylic acids is 1. The van der Waals surface area contributed by atoms with Crippen molar-refractivity contribution in [1.82, 2.24) is 0 Å². The lowest BCUT2D eigenvalue weighted by molar-refractivity contribution is -0.887. The van der Waals surface area contributed by atoms with E-state index in [-0.39, 0.29) is 49.1 Å². The molecule has 0 spiro atoms. The number of allylic oxidation sites excluding steroid dienone is 20. The van der Waals surface area contributed by atoms with Crippen LogP contribution in [0.3, 0.4) is 0 Å². The maximum atomic E-state index is 12.7. The molecule has 58 heavy (non-hydrogen) atoms. The first-order chi connectivity index (χ1) is 28.1. The zero-order chi connectivity index (χ0) is 42.8. The second-order valence-electron chi connectivity index (χ2n) is 14.8. The third-order valence-corrected chi connectivity index (χ3v) is 8.61. The predicted octanol–water partition coefficient (Wildman–Crippen LogP) is 11.9. The molecule has 0 bridgehead atoms. The number of unbranched alkanes of at least 4 members (excludes halogenated alkanes) is 2. The highest BCUT2D eigenvalue weighted by Gasteiger charge is 2.31. The molecule has 2 atom stereocenters. The maximum Gasteiger partial charge on any atom is 0.362 e. The van der Waals surface area contributed by atoms with Crippen molar-refractivity contribution in [3.05, 3.63) is 122 Å². The summed E-state index contributed by atoms with van der Waals surface area (Å²) >= 11 is 0.